The Morgan fingerprint density at radius 3 is 2.09 bits per heavy atom. The summed E-state index contributed by atoms with van der Waals surface area (Å²) in [6.45, 7) is 0.0598. The molecule has 1 N–H and O–H groups in total. The number of Topliss-reactive ketones (excluding diaryl/α,β-unsaturated/α-hetero) is 1. The van der Waals surface area contributed by atoms with Gasteiger partial charge in [0, 0.05) is 6.54 Å². The third kappa shape index (κ3) is 4.05. The molecule has 0 saturated carbocycles. The number of carbonyl (C=O) groups excluding carboxylic acids is 2. The van der Waals surface area contributed by atoms with Crippen LogP contribution in [0, 0.1) is 5.82 Å². The summed E-state index contributed by atoms with van der Waals surface area (Å²) in [6, 6.07) is 18.7. The topological polar surface area (TPSA) is 76.1 Å². The highest BCUT2D eigenvalue weighted by molar-refractivity contribution is 6.46. The lowest BCUT2D eigenvalue weighted by Gasteiger charge is -2.25. The van der Waals surface area contributed by atoms with E-state index in [-0.39, 0.29) is 17.7 Å². The minimum absolute atomic E-state index is 0.0598. The van der Waals surface area contributed by atoms with Gasteiger partial charge in [0.2, 0.25) is 0 Å². The summed E-state index contributed by atoms with van der Waals surface area (Å²) in [5, 5.41) is 11.4. The molecule has 3 aromatic rings. The number of carbonyl (C=O) groups is 2. The van der Waals surface area contributed by atoms with Crippen LogP contribution in [0.15, 0.2) is 78.4 Å². The average molecular weight is 447 g/mol. The van der Waals surface area contributed by atoms with Crippen molar-refractivity contribution in [2.24, 2.45) is 0 Å². The highest BCUT2D eigenvalue weighted by atomic mass is 19.1. The first kappa shape index (κ1) is 22.1. The Morgan fingerprint density at radius 2 is 1.52 bits per heavy atom. The monoisotopic (exact) mass is 447 g/mol. The Kier molecular flexibility index (Phi) is 6.13. The first-order chi connectivity index (χ1) is 16.0. The number of aliphatic hydroxyl groups is 1. The van der Waals surface area contributed by atoms with Crippen LogP contribution < -0.4 is 9.47 Å². The minimum Gasteiger partial charge on any atom is -0.506 e. The van der Waals surface area contributed by atoms with E-state index in [1.54, 1.807) is 54.6 Å². The largest absolute Gasteiger partial charge is 0.506 e. The minimum atomic E-state index is -0.856. The third-order valence-corrected chi connectivity index (χ3v) is 5.59. The molecule has 33 heavy (non-hydrogen) atoms. The second-order valence-corrected chi connectivity index (χ2v) is 7.50. The summed E-state index contributed by atoms with van der Waals surface area (Å²) >= 11 is 0. The lowest BCUT2D eigenvalue weighted by atomic mass is 9.94. The molecule has 1 aliphatic heterocycles. The number of amides is 1. The highest BCUT2D eigenvalue weighted by Crippen LogP contribution is 2.43. The summed E-state index contributed by atoms with van der Waals surface area (Å²) in [6.07, 6.45) is 0. The van der Waals surface area contributed by atoms with Crippen LogP contribution in [-0.2, 0) is 16.1 Å². The van der Waals surface area contributed by atoms with Crippen molar-refractivity contribution in [1.82, 2.24) is 4.90 Å². The molecule has 1 aliphatic rings. The number of benzene rings is 3. The van der Waals surface area contributed by atoms with Crippen LogP contribution in [0.3, 0.4) is 0 Å². The van der Waals surface area contributed by atoms with Gasteiger partial charge in [-0.1, -0.05) is 48.5 Å². The van der Waals surface area contributed by atoms with Gasteiger partial charge in [-0.3, -0.25) is 9.59 Å². The summed E-state index contributed by atoms with van der Waals surface area (Å²) in [5.74, 6) is -1.78. The van der Waals surface area contributed by atoms with Crippen LogP contribution in [-0.4, -0.2) is 35.9 Å². The van der Waals surface area contributed by atoms with E-state index in [0.717, 1.165) is 0 Å². The summed E-state index contributed by atoms with van der Waals surface area (Å²) in [5.41, 5.74) is 1.41. The van der Waals surface area contributed by atoms with Gasteiger partial charge >= 0.3 is 0 Å². The third-order valence-electron chi connectivity index (χ3n) is 5.59. The molecule has 3 aromatic carbocycles. The zero-order valence-corrected chi connectivity index (χ0v) is 18.1. The quantitative estimate of drug-likeness (QED) is 0.343. The van der Waals surface area contributed by atoms with Crippen molar-refractivity contribution in [3.05, 3.63) is 101 Å². The fourth-order valence-electron chi connectivity index (χ4n) is 4.03. The van der Waals surface area contributed by atoms with Crippen LogP contribution in [0.4, 0.5) is 4.39 Å². The number of aliphatic hydroxyl groups excluding tert-OH is 1. The second-order valence-electron chi connectivity index (χ2n) is 7.50. The van der Waals surface area contributed by atoms with Crippen molar-refractivity contribution in [2.75, 3.05) is 14.2 Å². The molecule has 0 spiro atoms. The van der Waals surface area contributed by atoms with Crippen molar-refractivity contribution >= 4 is 17.4 Å². The van der Waals surface area contributed by atoms with E-state index in [4.69, 9.17) is 9.47 Å². The number of hydrogen-bond acceptors (Lipinski definition) is 5. The summed E-state index contributed by atoms with van der Waals surface area (Å²) in [7, 11) is 2.88. The molecule has 1 fully saturated rings. The molecule has 1 saturated heterocycles. The normalized spacial score (nSPS) is 17.3. The van der Waals surface area contributed by atoms with Crippen LogP contribution >= 0.6 is 0 Å². The number of rotatable bonds is 6. The molecule has 4 rings (SSSR count). The predicted octanol–water partition coefficient (Wildman–Crippen LogP) is 4.46. The van der Waals surface area contributed by atoms with Gasteiger partial charge in [0.15, 0.2) is 0 Å². The smallest absolute Gasteiger partial charge is 0.295 e. The molecule has 1 atom stereocenters. The maximum atomic E-state index is 13.4. The van der Waals surface area contributed by atoms with Gasteiger partial charge < -0.3 is 19.5 Å². The molecule has 6 nitrogen and oxygen atoms in total. The molecular weight excluding hydrogens is 425 g/mol. The maximum Gasteiger partial charge on any atom is 0.295 e. The Bertz CT molecular complexity index is 1200. The first-order valence-electron chi connectivity index (χ1n) is 10.3. The molecule has 0 aliphatic carbocycles. The lowest BCUT2D eigenvalue weighted by molar-refractivity contribution is -0.140. The maximum absolute atomic E-state index is 13.4. The number of ether oxygens (including phenoxy) is 2. The standard InChI is InChI=1S/C26H22FNO5/c1-32-19-9-6-10-20(33-2)21(19)24(29)22-23(17-7-4-3-5-8-17)28(26(31)25(22)30)15-16-11-13-18(27)14-12-16/h3-14,23,29H,15H2,1-2H3/b24-22+. The average Bonchev–Trinajstić information content (AvgIpc) is 3.09. The number of ketones is 1. The number of hydrogen-bond donors (Lipinski definition) is 1. The lowest BCUT2D eigenvalue weighted by Crippen LogP contribution is -2.29. The molecule has 1 unspecified atom stereocenters. The van der Waals surface area contributed by atoms with Gasteiger partial charge in [-0.2, -0.15) is 0 Å². The van der Waals surface area contributed by atoms with Gasteiger partial charge in [0.1, 0.15) is 28.6 Å². The molecule has 0 radical (unpaired) electrons. The van der Waals surface area contributed by atoms with Crippen LogP contribution in [0.1, 0.15) is 22.7 Å². The fourth-order valence-corrected chi connectivity index (χ4v) is 4.03. The van der Waals surface area contributed by atoms with Crippen molar-refractivity contribution in [3.8, 4) is 11.5 Å². The van der Waals surface area contributed by atoms with Gasteiger partial charge in [0.25, 0.3) is 11.7 Å². The molecule has 0 aromatic heterocycles. The fraction of sp³-hybridized carbons (Fsp3) is 0.154. The Morgan fingerprint density at radius 1 is 0.909 bits per heavy atom. The van der Waals surface area contributed by atoms with E-state index < -0.39 is 29.3 Å². The molecule has 1 heterocycles. The van der Waals surface area contributed by atoms with Gasteiger partial charge in [-0.15, -0.1) is 0 Å². The van der Waals surface area contributed by atoms with Crippen LogP contribution in [0.5, 0.6) is 11.5 Å². The van der Waals surface area contributed by atoms with Crippen molar-refractivity contribution in [3.63, 3.8) is 0 Å². The zero-order valence-electron chi connectivity index (χ0n) is 18.1. The zero-order chi connectivity index (χ0) is 23.5. The number of methoxy groups -OCH3 is 2. The predicted molar refractivity (Wildman–Crippen MR) is 120 cm³/mol. The second kappa shape index (κ2) is 9.16. The summed E-state index contributed by atoms with van der Waals surface area (Å²) in [4.78, 5) is 27.7. The van der Waals surface area contributed by atoms with Crippen molar-refractivity contribution < 1.29 is 28.6 Å². The number of nitrogens with zero attached hydrogens (tertiary/aromatic N) is 1. The van der Waals surface area contributed by atoms with Crippen molar-refractivity contribution in [2.45, 2.75) is 12.6 Å². The molecule has 7 heteroatoms. The SMILES string of the molecule is COc1cccc(OC)c1/C(O)=C1\C(=O)C(=O)N(Cc2ccc(F)cc2)C1c1ccccc1. The van der Waals surface area contributed by atoms with E-state index in [0.29, 0.717) is 22.6 Å². The van der Waals surface area contributed by atoms with E-state index in [9.17, 15) is 19.1 Å². The number of halogens is 1. The van der Waals surface area contributed by atoms with Gasteiger partial charge in [-0.05, 0) is 35.4 Å². The molecule has 0 bridgehead atoms. The van der Waals surface area contributed by atoms with E-state index in [1.165, 1.54) is 31.3 Å². The first-order valence-corrected chi connectivity index (χ1v) is 10.3. The van der Waals surface area contributed by atoms with E-state index in [2.05, 4.69) is 0 Å². The Labute approximate surface area is 190 Å². The van der Waals surface area contributed by atoms with Gasteiger partial charge in [0.05, 0.1) is 25.8 Å². The van der Waals surface area contributed by atoms with E-state index in [1.807, 2.05) is 6.07 Å². The van der Waals surface area contributed by atoms with E-state index >= 15 is 0 Å². The Balaban J connectivity index is 1.91. The van der Waals surface area contributed by atoms with Crippen molar-refractivity contribution in [1.29, 1.82) is 0 Å². The highest BCUT2D eigenvalue weighted by Gasteiger charge is 2.46. The molecular formula is C26H22FNO5. The number of likely N-dealkylation sites (tertiary alicyclic amines) is 1. The van der Waals surface area contributed by atoms with Crippen LogP contribution in [0.25, 0.3) is 5.76 Å². The molecule has 168 valence electrons. The molecule has 1 amide bonds. The Hall–Kier alpha value is -4.13. The van der Waals surface area contributed by atoms with Crippen LogP contribution in [0.2, 0.25) is 0 Å². The van der Waals surface area contributed by atoms with Gasteiger partial charge in [-0.25, -0.2) is 4.39 Å². The summed E-state index contributed by atoms with van der Waals surface area (Å²) < 4.78 is 24.2.